The van der Waals surface area contributed by atoms with Gasteiger partial charge in [0.25, 0.3) is 0 Å². The lowest BCUT2D eigenvalue weighted by molar-refractivity contribution is 0.394. The summed E-state index contributed by atoms with van der Waals surface area (Å²) in [6.45, 7) is 0.453. The minimum absolute atomic E-state index is 0.359. The molecule has 4 nitrogen and oxygen atoms in total. The van der Waals surface area contributed by atoms with E-state index in [0.29, 0.717) is 23.1 Å². The van der Waals surface area contributed by atoms with Gasteiger partial charge in [0.05, 0.1) is 31.8 Å². The van der Waals surface area contributed by atoms with Gasteiger partial charge in [-0.25, -0.2) is 9.37 Å². The average Bonchev–Trinajstić information content (AvgIpc) is 3.08. The number of aromatic nitrogens is 2. The highest BCUT2D eigenvalue weighted by Gasteiger charge is 2.16. The highest BCUT2D eigenvalue weighted by Crippen LogP contribution is 2.32. The average molecular weight is 397 g/mol. The van der Waals surface area contributed by atoms with Crippen LogP contribution >= 0.6 is 11.6 Å². The standard InChI is InChI=1S/C22H18ClFN2O2/c1-27-17-9-15(10-18(12-17)28-2)22-25-20-5-3-4-6-21(20)26(22)13-14-7-8-16(24)11-19(14)23/h3-12H,13H2,1-2H3. The van der Waals surface area contributed by atoms with Crippen LogP contribution in [-0.4, -0.2) is 23.8 Å². The molecule has 0 bridgehead atoms. The number of methoxy groups -OCH3 is 2. The van der Waals surface area contributed by atoms with Gasteiger partial charge in [-0.1, -0.05) is 29.8 Å². The number of rotatable bonds is 5. The van der Waals surface area contributed by atoms with E-state index >= 15 is 0 Å². The number of imidazole rings is 1. The number of hydrogen-bond donors (Lipinski definition) is 0. The molecule has 1 heterocycles. The second-order valence-electron chi connectivity index (χ2n) is 6.35. The lowest BCUT2D eigenvalue weighted by Crippen LogP contribution is -2.03. The van der Waals surface area contributed by atoms with Crippen LogP contribution in [0.3, 0.4) is 0 Å². The highest BCUT2D eigenvalue weighted by atomic mass is 35.5. The fourth-order valence-electron chi connectivity index (χ4n) is 3.21. The molecule has 0 amide bonds. The van der Waals surface area contributed by atoms with Crippen LogP contribution in [0.1, 0.15) is 5.56 Å². The first kappa shape index (κ1) is 18.3. The normalized spacial score (nSPS) is 11.0. The molecule has 0 saturated carbocycles. The molecular weight excluding hydrogens is 379 g/mol. The summed E-state index contributed by atoms with van der Waals surface area (Å²) in [5.74, 6) is 1.74. The molecule has 142 valence electrons. The van der Waals surface area contributed by atoms with Gasteiger partial charge in [0.2, 0.25) is 0 Å². The summed E-state index contributed by atoms with van der Waals surface area (Å²) in [4.78, 5) is 4.81. The first-order chi connectivity index (χ1) is 13.6. The van der Waals surface area contributed by atoms with Gasteiger partial charge in [-0.15, -0.1) is 0 Å². The molecule has 0 radical (unpaired) electrons. The third-order valence-electron chi connectivity index (χ3n) is 4.61. The molecule has 0 N–H and O–H groups in total. The van der Waals surface area contributed by atoms with Crippen LogP contribution < -0.4 is 9.47 Å². The first-order valence-electron chi connectivity index (χ1n) is 8.71. The molecule has 28 heavy (non-hydrogen) atoms. The summed E-state index contributed by atoms with van der Waals surface area (Å²) in [6.07, 6.45) is 0. The fraction of sp³-hybridized carbons (Fsp3) is 0.136. The van der Waals surface area contributed by atoms with Gasteiger partial charge in [-0.3, -0.25) is 0 Å². The molecule has 0 aliphatic heterocycles. The zero-order valence-electron chi connectivity index (χ0n) is 15.4. The van der Waals surface area contributed by atoms with E-state index in [1.165, 1.54) is 12.1 Å². The van der Waals surface area contributed by atoms with Crippen molar-refractivity contribution in [3.63, 3.8) is 0 Å². The second kappa shape index (κ2) is 7.52. The lowest BCUT2D eigenvalue weighted by atomic mass is 10.1. The Bertz CT molecular complexity index is 1130. The van der Waals surface area contributed by atoms with Crippen molar-refractivity contribution in [3.8, 4) is 22.9 Å². The van der Waals surface area contributed by atoms with E-state index in [1.807, 2.05) is 42.5 Å². The Kier molecular flexibility index (Phi) is 4.92. The van der Waals surface area contributed by atoms with E-state index in [0.717, 1.165) is 28.0 Å². The number of benzene rings is 3. The van der Waals surface area contributed by atoms with Crippen LogP contribution in [0.4, 0.5) is 4.39 Å². The summed E-state index contributed by atoms with van der Waals surface area (Å²) in [5.41, 5.74) is 3.48. The Hall–Kier alpha value is -3.05. The van der Waals surface area contributed by atoms with Crippen LogP contribution in [-0.2, 0) is 6.54 Å². The Labute approximate surface area is 167 Å². The van der Waals surface area contributed by atoms with E-state index in [2.05, 4.69) is 4.57 Å². The topological polar surface area (TPSA) is 36.3 Å². The van der Waals surface area contributed by atoms with Gasteiger partial charge >= 0.3 is 0 Å². The number of nitrogens with zero attached hydrogens (tertiary/aromatic N) is 2. The van der Waals surface area contributed by atoms with Gasteiger partial charge in [0, 0.05) is 16.7 Å². The molecule has 0 atom stereocenters. The number of fused-ring (bicyclic) bond motifs is 1. The van der Waals surface area contributed by atoms with Crippen molar-refractivity contribution in [3.05, 3.63) is 77.1 Å². The maximum absolute atomic E-state index is 13.5. The van der Waals surface area contributed by atoms with Crippen molar-refractivity contribution < 1.29 is 13.9 Å². The van der Waals surface area contributed by atoms with E-state index in [4.69, 9.17) is 26.1 Å². The van der Waals surface area contributed by atoms with Gasteiger partial charge in [-0.2, -0.15) is 0 Å². The second-order valence-corrected chi connectivity index (χ2v) is 6.75. The Balaban J connectivity index is 1.91. The van der Waals surface area contributed by atoms with E-state index in [-0.39, 0.29) is 5.82 Å². The number of halogens is 2. The van der Waals surface area contributed by atoms with Crippen molar-refractivity contribution >= 4 is 22.6 Å². The van der Waals surface area contributed by atoms with Crippen molar-refractivity contribution in [1.29, 1.82) is 0 Å². The molecule has 0 fully saturated rings. The molecule has 0 unspecified atom stereocenters. The van der Waals surface area contributed by atoms with Crippen LogP contribution in [0.5, 0.6) is 11.5 Å². The summed E-state index contributed by atoms with van der Waals surface area (Å²) < 4.78 is 26.3. The summed E-state index contributed by atoms with van der Waals surface area (Å²) >= 11 is 6.28. The number of para-hydroxylation sites is 2. The summed E-state index contributed by atoms with van der Waals surface area (Å²) in [6, 6.07) is 17.9. The molecule has 4 aromatic rings. The predicted octanol–water partition coefficient (Wildman–Crippen LogP) is 5.56. The van der Waals surface area contributed by atoms with Crippen molar-refractivity contribution in [1.82, 2.24) is 9.55 Å². The van der Waals surface area contributed by atoms with Crippen LogP contribution in [0.2, 0.25) is 5.02 Å². The Morgan fingerprint density at radius 1 is 0.964 bits per heavy atom. The maximum atomic E-state index is 13.5. The van der Waals surface area contributed by atoms with Crippen molar-refractivity contribution in [2.45, 2.75) is 6.54 Å². The molecule has 0 saturated heterocycles. The molecule has 0 aliphatic rings. The zero-order valence-corrected chi connectivity index (χ0v) is 16.2. The number of hydrogen-bond acceptors (Lipinski definition) is 3. The fourth-order valence-corrected chi connectivity index (χ4v) is 3.44. The quantitative estimate of drug-likeness (QED) is 0.443. The minimum atomic E-state index is -0.359. The lowest BCUT2D eigenvalue weighted by Gasteiger charge is -2.13. The van der Waals surface area contributed by atoms with Crippen LogP contribution in [0.25, 0.3) is 22.4 Å². The summed E-state index contributed by atoms with van der Waals surface area (Å²) in [5, 5.41) is 0.381. The van der Waals surface area contributed by atoms with Crippen LogP contribution in [0.15, 0.2) is 60.7 Å². The maximum Gasteiger partial charge on any atom is 0.141 e. The van der Waals surface area contributed by atoms with E-state index in [1.54, 1.807) is 20.3 Å². The molecule has 4 rings (SSSR count). The number of ether oxygens (including phenoxy) is 2. The Morgan fingerprint density at radius 3 is 2.36 bits per heavy atom. The van der Waals surface area contributed by atoms with Gasteiger partial charge in [0.1, 0.15) is 23.1 Å². The Morgan fingerprint density at radius 2 is 1.68 bits per heavy atom. The zero-order chi connectivity index (χ0) is 19.7. The molecule has 3 aromatic carbocycles. The van der Waals surface area contributed by atoms with Gasteiger partial charge in [0.15, 0.2) is 0 Å². The third-order valence-corrected chi connectivity index (χ3v) is 4.96. The van der Waals surface area contributed by atoms with Gasteiger partial charge < -0.3 is 14.0 Å². The molecule has 0 spiro atoms. The molecule has 0 aliphatic carbocycles. The van der Waals surface area contributed by atoms with Gasteiger partial charge in [-0.05, 0) is 42.0 Å². The monoisotopic (exact) mass is 396 g/mol. The third kappa shape index (κ3) is 3.41. The summed E-state index contributed by atoms with van der Waals surface area (Å²) in [7, 11) is 3.22. The molecule has 1 aromatic heterocycles. The van der Waals surface area contributed by atoms with Crippen molar-refractivity contribution in [2.75, 3.05) is 14.2 Å². The smallest absolute Gasteiger partial charge is 0.141 e. The minimum Gasteiger partial charge on any atom is -0.497 e. The SMILES string of the molecule is COc1cc(OC)cc(-c2nc3ccccc3n2Cc2ccc(F)cc2Cl)c1. The largest absolute Gasteiger partial charge is 0.497 e. The first-order valence-corrected chi connectivity index (χ1v) is 9.09. The van der Waals surface area contributed by atoms with Crippen LogP contribution in [0, 0.1) is 5.82 Å². The highest BCUT2D eigenvalue weighted by molar-refractivity contribution is 6.31. The predicted molar refractivity (Wildman–Crippen MR) is 109 cm³/mol. The molecular formula is C22H18ClFN2O2. The van der Waals surface area contributed by atoms with E-state index < -0.39 is 0 Å². The van der Waals surface area contributed by atoms with E-state index in [9.17, 15) is 4.39 Å². The molecule has 6 heteroatoms. The van der Waals surface area contributed by atoms with Crippen molar-refractivity contribution in [2.24, 2.45) is 0 Å².